The van der Waals surface area contributed by atoms with Crippen LogP contribution in [0.2, 0.25) is 0 Å². The first-order valence-electron chi connectivity index (χ1n) is 59.3. The molecule has 3 aromatic heterocycles. The second kappa shape index (κ2) is 33.0. The van der Waals surface area contributed by atoms with Crippen molar-refractivity contribution in [3.8, 4) is 89.0 Å². The molecule has 0 aliphatic carbocycles. The summed E-state index contributed by atoms with van der Waals surface area (Å²) in [7, 11) is 0. The van der Waals surface area contributed by atoms with Crippen LogP contribution in [0.1, 0.15) is 32.9 Å². The van der Waals surface area contributed by atoms with Gasteiger partial charge in [-0.15, -0.1) is 0 Å². The van der Waals surface area contributed by atoms with Gasteiger partial charge in [-0.05, 0) is 272 Å². The Labute approximate surface area is 856 Å². The number of hydrogen-bond acceptors (Lipinski definition) is 3. The van der Waals surface area contributed by atoms with Crippen molar-refractivity contribution in [1.29, 1.82) is 0 Å². The van der Waals surface area contributed by atoms with Crippen LogP contribution < -0.4 is 0 Å². The summed E-state index contributed by atoms with van der Waals surface area (Å²) in [4.78, 5) is 0. The van der Waals surface area contributed by atoms with Crippen LogP contribution in [0, 0.1) is 0 Å². The lowest BCUT2D eigenvalue weighted by Crippen LogP contribution is -1.92. The Hall–Kier alpha value is -18.8. The average Bonchev–Trinajstić information content (AvgIpc) is 1.69. The van der Waals surface area contributed by atoms with Crippen LogP contribution >= 0.6 is 0 Å². The van der Waals surface area contributed by atoms with Gasteiger partial charge >= 0.3 is 0 Å². The molecule has 0 amide bonds. The fourth-order valence-corrected chi connectivity index (χ4v) is 22.4. The van der Waals surface area contributed by atoms with E-state index in [1.165, 1.54) is 0 Å². The van der Waals surface area contributed by atoms with Crippen molar-refractivity contribution in [2.75, 3.05) is 0 Å². The molecular weight excluding hydrogens is 1730 g/mol. The van der Waals surface area contributed by atoms with Crippen molar-refractivity contribution in [1.82, 2.24) is 0 Å². The topological polar surface area (TPSA) is 39.4 Å². The summed E-state index contributed by atoms with van der Waals surface area (Å²) in [5.74, 6) is 0. The third-order valence-electron chi connectivity index (χ3n) is 28.6. The maximum atomic E-state index is 9.55. The van der Waals surface area contributed by atoms with Gasteiger partial charge in [-0.25, -0.2) is 0 Å². The molecule has 0 bridgehead atoms. The van der Waals surface area contributed by atoms with E-state index in [2.05, 4.69) is 60.7 Å². The highest BCUT2D eigenvalue weighted by atomic mass is 16.3. The highest BCUT2D eigenvalue weighted by Gasteiger charge is 2.28. The number of benzene rings is 28. The van der Waals surface area contributed by atoms with Gasteiger partial charge in [-0.1, -0.05) is 460 Å². The van der Waals surface area contributed by atoms with Gasteiger partial charge in [0.2, 0.25) is 0 Å². The first kappa shape index (κ1) is 60.7. The lowest BCUT2D eigenvalue weighted by Gasteiger charge is -2.19. The summed E-state index contributed by atoms with van der Waals surface area (Å²) < 4.78 is 240. The molecule has 0 saturated carbocycles. The summed E-state index contributed by atoms with van der Waals surface area (Å²) in [6.45, 7) is 0. The number of rotatable bonds is 8. The predicted molar refractivity (Wildman–Crippen MR) is 610 cm³/mol. The van der Waals surface area contributed by atoms with E-state index < -0.39 is 72.5 Å². The summed E-state index contributed by atoms with van der Waals surface area (Å²) >= 11 is 0. The van der Waals surface area contributed by atoms with Crippen LogP contribution in [0.15, 0.2) is 522 Å². The molecule has 0 aliphatic rings. The van der Waals surface area contributed by atoms with Crippen LogP contribution in [-0.2, 0) is 0 Å². The van der Waals surface area contributed by atoms with Gasteiger partial charge in [0.05, 0.1) is 32.9 Å². The maximum absolute atomic E-state index is 9.55. The molecule has 0 saturated heterocycles. The van der Waals surface area contributed by atoms with E-state index >= 15 is 0 Å². The molecule has 3 heteroatoms. The smallest absolute Gasteiger partial charge is 0.143 e. The molecule has 0 spiro atoms. The number of fused-ring (bicyclic) bond motifs is 28. The summed E-state index contributed by atoms with van der Waals surface area (Å²) in [5, 5.41) is 22.2. The molecule has 31 aromatic rings. The Balaban J connectivity index is 0.000000114. The Kier molecular flexibility index (Phi) is 14.0. The summed E-state index contributed by atoms with van der Waals surface area (Å²) in [6, 6.07) is 109. The van der Waals surface area contributed by atoms with Gasteiger partial charge in [-0.3, -0.25) is 0 Å². The first-order valence-corrected chi connectivity index (χ1v) is 47.3. The van der Waals surface area contributed by atoms with Crippen molar-refractivity contribution in [2.45, 2.75) is 0 Å². The Morgan fingerprint density at radius 1 is 0.133 bits per heavy atom. The summed E-state index contributed by atoms with van der Waals surface area (Å²) in [6.07, 6.45) is 0. The Morgan fingerprint density at radius 2 is 0.385 bits per heavy atom. The van der Waals surface area contributed by atoms with Crippen molar-refractivity contribution in [2.24, 2.45) is 0 Å². The highest BCUT2D eigenvalue weighted by Crippen LogP contribution is 2.55. The Morgan fingerprint density at radius 3 is 0.769 bits per heavy atom. The second-order valence-electron chi connectivity index (χ2n) is 36.2. The molecule has 3 nitrogen and oxygen atoms in total. The molecular formula is C140H84O3. The molecule has 3 heterocycles. The standard InChI is InChI=1S/C50H30O.C46H28O.C44H26O/c1-3-17-36-31(12-1)26-27-33-14-10-23-37(46(33)36)34-15-9-16-35(30-34)47-39-19-5-7-21-41(39)48(42-22-8-6-20-40(42)47)43-24-11-25-45-49(43)44-29-28-32-13-2-4-18-38(32)50(44)51-45;1-2-12-33-28-34(25-22-29(33)10-1)30-20-23-32(24-21-30)43-36-14-5-7-16-38(36)44(39-17-8-6-15-37(39)43)40-18-9-19-42-45(40)41-27-26-31-11-3-4-13-35(31)46(41)47-42;1-3-14-30-27(11-1)23-24-29-13-9-20-36(40(29)30)41-32-16-5-7-18-34(32)42(35-19-8-6-17-33(35)41)37-21-10-22-39-43(37)38-26-25-28-12-2-4-15-31(28)44(38)45-39/h1-30H;1-28H;1-26H/i5D,6D,7D,8D,19D,20D,21D,22D;5D,6D,7D,8D,14D,15D,16D,17D;5D,6D,7D,8D,16D,17D,18D,19D. The molecule has 0 unspecified atom stereocenters. The zero-order valence-corrected chi connectivity index (χ0v) is 75.9. The van der Waals surface area contributed by atoms with Crippen LogP contribution in [0.4, 0.5) is 0 Å². The third kappa shape index (κ3) is 13.0. The van der Waals surface area contributed by atoms with E-state index in [0.29, 0.717) is 111 Å². The van der Waals surface area contributed by atoms with Gasteiger partial charge < -0.3 is 13.3 Å². The van der Waals surface area contributed by atoms with Crippen LogP contribution in [-0.4, -0.2) is 0 Å². The normalized spacial score (nSPS) is 14.3. The first-order chi connectivity index (χ1) is 80.9. The average molecular weight is 1840 g/mol. The van der Waals surface area contributed by atoms with Gasteiger partial charge in [-0.2, -0.15) is 0 Å². The fourth-order valence-electron chi connectivity index (χ4n) is 22.4. The molecule has 28 aromatic carbocycles. The minimum atomic E-state index is -0.443. The van der Waals surface area contributed by atoms with E-state index in [9.17, 15) is 16.4 Å². The molecule has 662 valence electrons. The van der Waals surface area contributed by atoms with E-state index in [0.717, 1.165) is 125 Å². The molecule has 31 rings (SSSR count). The van der Waals surface area contributed by atoms with E-state index in [-0.39, 0.29) is 143 Å². The zero-order valence-electron chi connectivity index (χ0n) is 99.9. The molecule has 143 heavy (non-hydrogen) atoms. The van der Waals surface area contributed by atoms with Gasteiger partial charge in [0.15, 0.2) is 0 Å². The van der Waals surface area contributed by atoms with Crippen LogP contribution in [0.5, 0.6) is 0 Å². The molecule has 0 N–H and O–H groups in total. The quantitative estimate of drug-likeness (QED) is 0.112. The fraction of sp³-hybridized carbons (Fsp3) is 0. The number of hydrogen-bond donors (Lipinski definition) is 0. The van der Waals surface area contributed by atoms with Gasteiger partial charge in [0.25, 0.3) is 0 Å². The highest BCUT2D eigenvalue weighted by molar-refractivity contribution is 6.33. The van der Waals surface area contributed by atoms with Crippen molar-refractivity contribution in [3.63, 3.8) is 0 Å². The lowest BCUT2D eigenvalue weighted by molar-refractivity contribution is 0.672. The predicted octanol–water partition coefficient (Wildman–Crippen LogP) is 40.2. The minimum Gasteiger partial charge on any atom is -0.455 e. The summed E-state index contributed by atoms with van der Waals surface area (Å²) in [5.41, 5.74) is 12.4. The molecule has 0 atom stereocenters. The van der Waals surface area contributed by atoms with Crippen LogP contribution in [0.3, 0.4) is 0 Å². The van der Waals surface area contributed by atoms with Crippen molar-refractivity contribution < 1.29 is 46.1 Å². The molecule has 0 aliphatic heterocycles. The minimum absolute atomic E-state index is 0.160. The molecule has 0 radical (unpaired) electrons. The van der Waals surface area contributed by atoms with Gasteiger partial charge in [0.1, 0.15) is 33.5 Å². The van der Waals surface area contributed by atoms with Crippen molar-refractivity contribution >= 4 is 217 Å². The van der Waals surface area contributed by atoms with Crippen molar-refractivity contribution in [3.05, 3.63) is 509 Å². The third-order valence-corrected chi connectivity index (χ3v) is 28.6. The monoisotopic (exact) mass is 1840 g/mol. The molecule has 0 fully saturated rings. The van der Waals surface area contributed by atoms with E-state index in [4.69, 9.17) is 29.7 Å². The second-order valence-corrected chi connectivity index (χ2v) is 36.2. The number of furan rings is 3. The lowest BCUT2D eigenvalue weighted by atomic mass is 9.83. The van der Waals surface area contributed by atoms with Gasteiger partial charge in [0, 0.05) is 48.5 Å². The zero-order chi connectivity index (χ0) is 115. The van der Waals surface area contributed by atoms with E-state index in [1.807, 2.05) is 297 Å². The van der Waals surface area contributed by atoms with Crippen LogP contribution in [0.25, 0.3) is 306 Å². The Bertz CT molecular complexity index is 12100. The maximum Gasteiger partial charge on any atom is 0.143 e. The SMILES string of the molecule is [2H]c1c([2H])c([2H])c2c(-c3cccc4oc5c6ccccc6ccc5c34)c3c([2H])c([2H])c([2H])c([2H])c3c(-c3ccc(-c4ccc5ccccc5c4)cc3)c2c1[2H].[2H]c1c([2H])c([2H])c2c(-c3cccc4oc5c6ccccc6ccc5c34)c3c([2H])c([2H])c([2H])c([2H])c3c(-c3cccc(-c4cccc5ccc6ccccc6c45)c3)c2c1[2H].[2H]c1c([2H])c([2H])c2c(-c3cccc4oc5c6ccccc6ccc5c34)c3c([2H])c([2H])c([2H])c([2H])c3c(-c3cccc4ccc5ccccc5c34)c2c1[2H]. The van der Waals surface area contributed by atoms with E-state index in [1.54, 1.807) is 6.07 Å². The largest absolute Gasteiger partial charge is 0.455 e.